The summed E-state index contributed by atoms with van der Waals surface area (Å²) in [6, 6.07) is -0.489. The lowest BCUT2D eigenvalue weighted by Gasteiger charge is -2.25. The molecular weight excluding hydrogens is 413 g/mol. The summed E-state index contributed by atoms with van der Waals surface area (Å²) in [6.07, 6.45) is 11.3. The molecule has 4 nitrogen and oxygen atoms in total. The SMILES string of the molecule is C=C/C(=C\C=C/C)CC[C@H]1CN(S(=O)(=O)C(F)(F)F)CC2=C(Cl)CCC=C2N1. The highest BCUT2D eigenvalue weighted by atomic mass is 35.5. The second-order valence-corrected chi connectivity index (χ2v) is 9.02. The van der Waals surface area contributed by atoms with Crippen molar-refractivity contribution in [3.63, 3.8) is 0 Å². The van der Waals surface area contributed by atoms with Crippen molar-refractivity contribution in [1.82, 2.24) is 9.62 Å². The number of hydrogen-bond acceptors (Lipinski definition) is 3. The third kappa shape index (κ3) is 5.30. The van der Waals surface area contributed by atoms with E-state index in [1.54, 1.807) is 6.08 Å². The number of alkyl halides is 3. The monoisotopic (exact) mass is 436 g/mol. The van der Waals surface area contributed by atoms with Crippen molar-refractivity contribution in [3.8, 4) is 0 Å². The van der Waals surface area contributed by atoms with E-state index < -0.39 is 28.1 Å². The molecule has 1 N–H and O–H groups in total. The predicted molar refractivity (Wildman–Crippen MR) is 106 cm³/mol. The first-order valence-electron chi connectivity index (χ1n) is 8.95. The van der Waals surface area contributed by atoms with Crippen molar-refractivity contribution in [2.45, 2.75) is 44.2 Å². The van der Waals surface area contributed by atoms with Gasteiger partial charge in [0.1, 0.15) is 0 Å². The Hall–Kier alpha value is -1.51. The fraction of sp³-hybridized carbons (Fsp3) is 0.474. The van der Waals surface area contributed by atoms with E-state index in [-0.39, 0.29) is 6.54 Å². The molecule has 0 aromatic carbocycles. The molecule has 0 radical (unpaired) electrons. The number of nitrogens with zero attached hydrogens (tertiary/aromatic N) is 1. The molecule has 1 atom stereocenters. The zero-order valence-corrected chi connectivity index (χ0v) is 17.2. The Labute approximate surface area is 169 Å². The molecule has 0 amide bonds. The predicted octanol–water partition coefficient (Wildman–Crippen LogP) is 4.75. The average molecular weight is 437 g/mol. The number of fused-ring (bicyclic) bond motifs is 1. The minimum Gasteiger partial charge on any atom is -0.381 e. The summed E-state index contributed by atoms with van der Waals surface area (Å²) in [4.78, 5) is 0. The smallest absolute Gasteiger partial charge is 0.381 e. The Bertz CT molecular complexity index is 827. The Morgan fingerprint density at radius 1 is 1.46 bits per heavy atom. The van der Waals surface area contributed by atoms with Crippen LogP contribution in [-0.2, 0) is 10.0 Å². The normalized spacial score (nSPS) is 22.5. The minimum absolute atomic E-state index is 0.291. The summed E-state index contributed by atoms with van der Waals surface area (Å²) in [5.74, 6) is 0. The lowest BCUT2D eigenvalue weighted by molar-refractivity contribution is -0.0487. The highest BCUT2D eigenvalue weighted by molar-refractivity contribution is 7.90. The zero-order valence-electron chi connectivity index (χ0n) is 15.6. The molecular formula is C19H24ClF3N2O2S. The van der Waals surface area contributed by atoms with Crippen molar-refractivity contribution in [2.75, 3.05) is 13.1 Å². The lowest BCUT2D eigenvalue weighted by atomic mass is 10.0. The van der Waals surface area contributed by atoms with Gasteiger partial charge in [0.05, 0.1) is 0 Å². The second-order valence-electron chi connectivity index (χ2n) is 6.63. The minimum atomic E-state index is -5.46. The quantitative estimate of drug-likeness (QED) is 0.611. The number of rotatable bonds is 6. The van der Waals surface area contributed by atoms with Crippen LogP contribution in [0.5, 0.6) is 0 Å². The molecule has 0 saturated carbocycles. The van der Waals surface area contributed by atoms with Crippen molar-refractivity contribution < 1.29 is 21.6 Å². The van der Waals surface area contributed by atoms with E-state index in [1.165, 1.54) is 0 Å². The van der Waals surface area contributed by atoms with Gasteiger partial charge < -0.3 is 5.32 Å². The highest BCUT2D eigenvalue weighted by Crippen LogP contribution is 2.34. The van der Waals surface area contributed by atoms with Crippen LogP contribution in [0.25, 0.3) is 0 Å². The summed E-state index contributed by atoms with van der Waals surface area (Å²) in [6.45, 7) is 4.94. The van der Waals surface area contributed by atoms with Crippen LogP contribution in [0.3, 0.4) is 0 Å². The maximum Gasteiger partial charge on any atom is 0.511 e. The molecule has 28 heavy (non-hydrogen) atoms. The van der Waals surface area contributed by atoms with Gasteiger partial charge in [-0.05, 0) is 38.2 Å². The van der Waals surface area contributed by atoms with E-state index in [1.807, 2.05) is 31.2 Å². The van der Waals surface area contributed by atoms with E-state index in [9.17, 15) is 21.6 Å². The third-order valence-electron chi connectivity index (χ3n) is 4.66. The van der Waals surface area contributed by atoms with Crippen molar-refractivity contribution in [1.29, 1.82) is 0 Å². The molecule has 0 spiro atoms. The van der Waals surface area contributed by atoms with Gasteiger partial charge in [0, 0.05) is 35.4 Å². The van der Waals surface area contributed by atoms with E-state index >= 15 is 0 Å². The Morgan fingerprint density at radius 2 is 2.18 bits per heavy atom. The zero-order chi connectivity index (χ0) is 20.9. The highest BCUT2D eigenvalue weighted by Gasteiger charge is 2.51. The molecule has 0 bridgehead atoms. The summed E-state index contributed by atoms with van der Waals surface area (Å²) in [7, 11) is -5.46. The number of allylic oxidation sites excluding steroid dienone is 7. The standard InChI is InChI=1S/C19H24ClF3N2O2S/c1-3-5-7-14(4-2)10-11-15-12-25(28(26,27)19(21,22)23)13-16-17(20)8-6-9-18(16)24-15/h3-5,7,9,15,24H,2,6,8,10-13H2,1H3/b5-3-,14-7+/t15-/m0/s1. The van der Waals surface area contributed by atoms with Crippen LogP contribution in [0.2, 0.25) is 0 Å². The molecule has 0 unspecified atom stereocenters. The third-order valence-corrected chi connectivity index (χ3v) is 6.62. The van der Waals surface area contributed by atoms with Gasteiger partial charge in [0.2, 0.25) is 0 Å². The largest absolute Gasteiger partial charge is 0.511 e. The molecule has 1 heterocycles. The first-order chi connectivity index (χ1) is 13.1. The first kappa shape index (κ1) is 22.8. The second kappa shape index (κ2) is 9.33. The first-order valence-corrected chi connectivity index (χ1v) is 10.8. The summed E-state index contributed by atoms with van der Waals surface area (Å²) in [5.41, 5.74) is -3.40. The van der Waals surface area contributed by atoms with Gasteiger partial charge >= 0.3 is 15.5 Å². The van der Waals surface area contributed by atoms with Crippen molar-refractivity contribution in [2.24, 2.45) is 0 Å². The van der Waals surface area contributed by atoms with Gasteiger partial charge in [-0.15, -0.1) is 0 Å². The van der Waals surface area contributed by atoms with Crippen molar-refractivity contribution >= 4 is 21.6 Å². The van der Waals surface area contributed by atoms with E-state index in [0.717, 1.165) is 5.57 Å². The Kier molecular flexibility index (Phi) is 7.59. The fourth-order valence-corrected chi connectivity index (χ4v) is 4.38. The topological polar surface area (TPSA) is 49.4 Å². The molecule has 2 aliphatic rings. The molecule has 2 rings (SSSR count). The van der Waals surface area contributed by atoms with Crippen molar-refractivity contribution in [3.05, 3.63) is 58.8 Å². The van der Waals surface area contributed by atoms with Gasteiger partial charge in [-0.1, -0.05) is 48.6 Å². The Balaban J connectivity index is 2.31. The van der Waals surface area contributed by atoms with Crippen LogP contribution < -0.4 is 5.32 Å². The Morgan fingerprint density at radius 3 is 2.79 bits per heavy atom. The number of hydrogen-bond donors (Lipinski definition) is 1. The molecule has 1 saturated heterocycles. The van der Waals surface area contributed by atoms with Crippen LogP contribution in [0.1, 0.15) is 32.6 Å². The molecule has 1 fully saturated rings. The van der Waals surface area contributed by atoms with Gasteiger partial charge in [-0.3, -0.25) is 0 Å². The van der Waals surface area contributed by atoms with Crippen LogP contribution >= 0.6 is 11.6 Å². The van der Waals surface area contributed by atoms with Gasteiger partial charge in [0.15, 0.2) is 0 Å². The van der Waals surface area contributed by atoms with Gasteiger partial charge in [-0.25, -0.2) is 8.42 Å². The summed E-state index contributed by atoms with van der Waals surface area (Å²) in [5, 5.41) is 3.60. The molecule has 0 aromatic heterocycles. The maximum absolute atomic E-state index is 13.2. The number of nitrogens with one attached hydrogen (secondary N) is 1. The van der Waals surface area contributed by atoms with E-state index in [4.69, 9.17) is 11.6 Å². The number of halogens is 4. The van der Waals surface area contributed by atoms with Gasteiger partial charge in [0.25, 0.3) is 0 Å². The fourth-order valence-electron chi connectivity index (χ4n) is 3.14. The van der Waals surface area contributed by atoms with E-state index in [0.29, 0.717) is 46.3 Å². The molecule has 1 aliphatic carbocycles. The summed E-state index contributed by atoms with van der Waals surface area (Å²) < 4.78 is 64.1. The molecule has 0 aromatic rings. The van der Waals surface area contributed by atoms with Gasteiger partial charge in [-0.2, -0.15) is 17.5 Å². The lowest BCUT2D eigenvalue weighted by Crippen LogP contribution is -2.45. The van der Waals surface area contributed by atoms with Crippen LogP contribution in [0.15, 0.2) is 58.8 Å². The maximum atomic E-state index is 13.2. The summed E-state index contributed by atoms with van der Waals surface area (Å²) >= 11 is 6.21. The molecule has 9 heteroatoms. The van der Waals surface area contributed by atoms with Crippen LogP contribution in [-0.4, -0.2) is 37.4 Å². The average Bonchev–Trinajstić information content (AvgIpc) is 2.81. The molecule has 1 aliphatic heterocycles. The molecule has 156 valence electrons. The number of sulfonamides is 1. The van der Waals surface area contributed by atoms with E-state index in [2.05, 4.69) is 11.9 Å². The van der Waals surface area contributed by atoms with Crippen LogP contribution in [0.4, 0.5) is 13.2 Å². The van der Waals surface area contributed by atoms with Crippen LogP contribution in [0, 0.1) is 0 Å².